The number of hydrogen-bond acceptors (Lipinski definition) is 3. The van der Waals surface area contributed by atoms with Crippen LogP contribution >= 0.6 is 11.8 Å². The highest BCUT2D eigenvalue weighted by molar-refractivity contribution is 7.99. The Hall–Kier alpha value is 0.270. The van der Waals surface area contributed by atoms with Gasteiger partial charge in [-0.15, -0.1) is 0 Å². The molecule has 74 valence electrons. The molecule has 0 rings (SSSR count). The van der Waals surface area contributed by atoms with Gasteiger partial charge < -0.3 is 10.4 Å². The van der Waals surface area contributed by atoms with Crippen LogP contribution in [0.25, 0.3) is 0 Å². The Morgan fingerprint density at radius 2 is 2.08 bits per heavy atom. The van der Waals surface area contributed by atoms with Crippen molar-refractivity contribution in [3.8, 4) is 0 Å². The Labute approximate surface area is 80.1 Å². The molecule has 0 aromatic rings. The largest absolute Gasteiger partial charge is 0.389 e. The van der Waals surface area contributed by atoms with Gasteiger partial charge in [0.05, 0.1) is 5.60 Å². The van der Waals surface area contributed by atoms with E-state index in [9.17, 15) is 5.11 Å². The van der Waals surface area contributed by atoms with Crippen molar-refractivity contribution in [2.75, 3.05) is 24.6 Å². The topological polar surface area (TPSA) is 32.3 Å². The van der Waals surface area contributed by atoms with Gasteiger partial charge in [0, 0.05) is 6.54 Å². The standard InChI is InChI=1S/C9H21NOS/c1-4-12-7-5-6-10-8-9(2,3)11/h10-11H,4-8H2,1-3H3. The second-order valence-electron chi connectivity index (χ2n) is 3.54. The second kappa shape index (κ2) is 6.75. The van der Waals surface area contributed by atoms with E-state index in [1.54, 1.807) is 0 Å². The fourth-order valence-corrected chi connectivity index (χ4v) is 1.47. The van der Waals surface area contributed by atoms with E-state index in [0.29, 0.717) is 6.54 Å². The number of thioether (sulfide) groups is 1. The molecular weight excluding hydrogens is 170 g/mol. The van der Waals surface area contributed by atoms with Gasteiger partial charge in [-0.25, -0.2) is 0 Å². The molecule has 0 aromatic carbocycles. The van der Waals surface area contributed by atoms with E-state index in [-0.39, 0.29) is 0 Å². The normalized spacial score (nSPS) is 12.0. The van der Waals surface area contributed by atoms with E-state index >= 15 is 0 Å². The predicted octanol–water partition coefficient (Wildman–Crippen LogP) is 1.49. The first-order valence-electron chi connectivity index (χ1n) is 4.57. The summed E-state index contributed by atoms with van der Waals surface area (Å²) in [5, 5.41) is 12.6. The van der Waals surface area contributed by atoms with Crippen molar-refractivity contribution in [2.24, 2.45) is 0 Å². The molecule has 0 saturated heterocycles. The molecule has 3 heteroatoms. The van der Waals surface area contributed by atoms with Crippen molar-refractivity contribution in [1.29, 1.82) is 0 Å². The molecule has 0 aliphatic rings. The van der Waals surface area contributed by atoms with E-state index in [1.165, 1.54) is 17.9 Å². The minimum atomic E-state index is -0.572. The average Bonchev–Trinajstić information content (AvgIpc) is 1.94. The van der Waals surface area contributed by atoms with Gasteiger partial charge in [-0.1, -0.05) is 6.92 Å². The van der Waals surface area contributed by atoms with Crippen LogP contribution in [0.2, 0.25) is 0 Å². The van der Waals surface area contributed by atoms with Crippen LogP contribution in [0.4, 0.5) is 0 Å². The summed E-state index contributed by atoms with van der Waals surface area (Å²) in [5.74, 6) is 2.42. The van der Waals surface area contributed by atoms with Crippen molar-refractivity contribution in [3.63, 3.8) is 0 Å². The lowest BCUT2D eigenvalue weighted by Crippen LogP contribution is -2.35. The second-order valence-corrected chi connectivity index (χ2v) is 4.93. The summed E-state index contributed by atoms with van der Waals surface area (Å²) < 4.78 is 0. The molecule has 0 atom stereocenters. The summed E-state index contributed by atoms with van der Waals surface area (Å²) in [6, 6.07) is 0. The fraction of sp³-hybridized carbons (Fsp3) is 1.00. The number of rotatable bonds is 7. The van der Waals surface area contributed by atoms with Gasteiger partial charge in [0.15, 0.2) is 0 Å². The van der Waals surface area contributed by atoms with Crippen LogP contribution in [0, 0.1) is 0 Å². The molecule has 0 aliphatic carbocycles. The molecule has 12 heavy (non-hydrogen) atoms. The lowest BCUT2D eigenvalue weighted by atomic mass is 10.1. The first kappa shape index (κ1) is 12.3. The molecule has 0 radical (unpaired) electrons. The van der Waals surface area contributed by atoms with Crippen molar-refractivity contribution in [2.45, 2.75) is 32.8 Å². The molecule has 0 spiro atoms. The summed E-state index contributed by atoms with van der Waals surface area (Å²) in [5.41, 5.74) is -0.572. The van der Waals surface area contributed by atoms with Gasteiger partial charge in [-0.05, 0) is 38.3 Å². The highest BCUT2D eigenvalue weighted by Gasteiger charge is 2.10. The summed E-state index contributed by atoms with van der Waals surface area (Å²) in [4.78, 5) is 0. The molecule has 0 fully saturated rings. The number of hydrogen-bond donors (Lipinski definition) is 2. The van der Waals surface area contributed by atoms with Crippen molar-refractivity contribution < 1.29 is 5.11 Å². The average molecular weight is 191 g/mol. The Morgan fingerprint density at radius 1 is 1.42 bits per heavy atom. The summed E-state index contributed by atoms with van der Waals surface area (Å²) in [6.07, 6.45) is 1.19. The third-order valence-corrected chi connectivity index (χ3v) is 2.39. The van der Waals surface area contributed by atoms with Crippen molar-refractivity contribution in [3.05, 3.63) is 0 Å². The van der Waals surface area contributed by atoms with Crippen LogP contribution in [-0.4, -0.2) is 35.3 Å². The molecule has 2 N–H and O–H groups in total. The fourth-order valence-electron chi connectivity index (χ4n) is 0.838. The highest BCUT2D eigenvalue weighted by Crippen LogP contribution is 2.00. The minimum absolute atomic E-state index is 0.572. The quantitative estimate of drug-likeness (QED) is 0.598. The van der Waals surface area contributed by atoms with Crippen LogP contribution in [0.3, 0.4) is 0 Å². The lowest BCUT2D eigenvalue weighted by Gasteiger charge is -2.17. The number of nitrogens with one attached hydrogen (secondary N) is 1. The Bertz CT molecular complexity index is 101. The molecule has 0 heterocycles. The zero-order valence-electron chi connectivity index (χ0n) is 8.39. The summed E-state index contributed by atoms with van der Waals surface area (Å²) in [7, 11) is 0. The van der Waals surface area contributed by atoms with Gasteiger partial charge in [0.2, 0.25) is 0 Å². The monoisotopic (exact) mass is 191 g/mol. The van der Waals surface area contributed by atoms with Crippen LogP contribution in [0.15, 0.2) is 0 Å². The minimum Gasteiger partial charge on any atom is -0.389 e. The summed E-state index contributed by atoms with van der Waals surface area (Å²) in [6.45, 7) is 7.51. The summed E-state index contributed by atoms with van der Waals surface area (Å²) >= 11 is 1.96. The highest BCUT2D eigenvalue weighted by atomic mass is 32.2. The maximum Gasteiger partial charge on any atom is 0.0715 e. The zero-order valence-corrected chi connectivity index (χ0v) is 9.21. The first-order valence-corrected chi connectivity index (χ1v) is 5.72. The Kier molecular flexibility index (Phi) is 6.90. The smallest absolute Gasteiger partial charge is 0.0715 e. The van der Waals surface area contributed by atoms with Gasteiger partial charge in [0.1, 0.15) is 0 Å². The maximum absolute atomic E-state index is 9.35. The molecule has 0 aromatic heterocycles. The third kappa shape index (κ3) is 10.3. The van der Waals surface area contributed by atoms with Gasteiger partial charge in [0.25, 0.3) is 0 Å². The molecule has 0 amide bonds. The molecule has 2 nitrogen and oxygen atoms in total. The first-order chi connectivity index (χ1) is 5.56. The molecule has 0 aliphatic heterocycles. The lowest BCUT2D eigenvalue weighted by molar-refractivity contribution is 0.0801. The van der Waals surface area contributed by atoms with Gasteiger partial charge in [-0.3, -0.25) is 0 Å². The molecular formula is C9H21NOS. The van der Waals surface area contributed by atoms with Crippen molar-refractivity contribution >= 4 is 11.8 Å². The molecule has 0 bridgehead atoms. The zero-order chi connectivity index (χ0) is 9.45. The van der Waals surface area contributed by atoms with Crippen LogP contribution in [-0.2, 0) is 0 Å². The van der Waals surface area contributed by atoms with Crippen LogP contribution < -0.4 is 5.32 Å². The molecule has 0 unspecified atom stereocenters. The molecule has 0 saturated carbocycles. The van der Waals surface area contributed by atoms with Crippen LogP contribution in [0.5, 0.6) is 0 Å². The van der Waals surface area contributed by atoms with Crippen LogP contribution in [0.1, 0.15) is 27.2 Å². The third-order valence-electron chi connectivity index (χ3n) is 1.40. The maximum atomic E-state index is 9.35. The predicted molar refractivity (Wildman–Crippen MR) is 56.8 cm³/mol. The Balaban J connectivity index is 3.01. The SMILES string of the molecule is CCSCCCNCC(C)(C)O. The van der Waals surface area contributed by atoms with Gasteiger partial charge in [-0.2, -0.15) is 11.8 Å². The van der Waals surface area contributed by atoms with Gasteiger partial charge >= 0.3 is 0 Å². The Morgan fingerprint density at radius 3 is 2.58 bits per heavy atom. The van der Waals surface area contributed by atoms with E-state index in [0.717, 1.165) is 6.54 Å². The van der Waals surface area contributed by atoms with E-state index in [1.807, 2.05) is 25.6 Å². The number of aliphatic hydroxyl groups is 1. The van der Waals surface area contributed by atoms with Crippen molar-refractivity contribution in [1.82, 2.24) is 5.32 Å². The van der Waals surface area contributed by atoms with E-state index in [4.69, 9.17) is 0 Å². The van der Waals surface area contributed by atoms with E-state index in [2.05, 4.69) is 12.2 Å². The van der Waals surface area contributed by atoms with E-state index < -0.39 is 5.60 Å².